The van der Waals surface area contributed by atoms with E-state index in [4.69, 9.17) is 34.8 Å². The van der Waals surface area contributed by atoms with Crippen LogP contribution >= 0.6 is 34.8 Å². The molecule has 1 aromatic heterocycles. The number of carbonyl (C=O) groups excluding carboxylic acids is 3. The standard InChI is InChI=1S/C28H27Cl3N6O5S/c1-16(2)35-15-25-36(43(41,42)24-8-7-19(30)12-20(24)31)14-22(34-26(38)21-13-32-9-10-33-21)27(39)37(25)23(28(35)40)11-17-3-5-18(29)6-4-17/h3-10,12-13,16,22-23,25H,11,14-15H2,1-2H3,(H,34,38). The Morgan fingerprint density at radius 1 is 1.00 bits per heavy atom. The molecule has 3 atom stereocenters. The number of amides is 3. The molecule has 2 fully saturated rings. The van der Waals surface area contributed by atoms with Crippen molar-refractivity contribution in [3.05, 3.63) is 87.4 Å². The monoisotopic (exact) mass is 664 g/mol. The van der Waals surface area contributed by atoms with Crippen molar-refractivity contribution in [1.29, 1.82) is 0 Å². The summed E-state index contributed by atoms with van der Waals surface area (Å²) < 4.78 is 29.6. The molecule has 2 aliphatic rings. The van der Waals surface area contributed by atoms with E-state index in [-0.39, 0.29) is 45.5 Å². The second-order valence-corrected chi connectivity index (χ2v) is 13.6. The van der Waals surface area contributed by atoms with Gasteiger partial charge in [0.25, 0.3) is 5.91 Å². The lowest BCUT2D eigenvalue weighted by molar-refractivity contribution is -0.168. The molecule has 3 amide bonds. The summed E-state index contributed by atoms with van der Waals surface area (Å²) >= 11 is 18.5. The quantitative estimate of drug-likeness (QED) is 0.410. The third kappa shape index (κ3) is 6.20. The van der Waals surface area contributed by atoms with E-state index in [1.165, 1.54) is 41.7 Å². The Morgan fingerprint density at radius 3 is 2.33 bits per heavy atom. The Balaban J connectivity index is 1.61. The van der Waals surface area contributed by atoms with Crippen LogP contribution in [0.25, 0.3) is 0 Å². The highest BCUT2D eigenvalue weighted by atomic mass is 35.5. The van der Waals surface area contributed by atoms with Crippen LogP contribution < -0.4 is 5.32 Å². The topological polar surface area (TPSA) is 133 Å². The Morgan fingerprint density at radius 2 is 1.70 bits per heavy atom. The molecule has 15 heteroatoms. The number of rotatable bonds is 7. The number of sulfonamides is 1. The van der Waals surface area contributed by atoms with Crippen LogP contribution in [0.4, 0.5) is 0 Å². The number of nitrogens with zero attached hydrogens (tertiary/aromatic N) is 5. The Labute approximate surface area is 263 Å². The highest BCUT2D eigenvalue weighted by Crippen LogP contribution is 2.35. The molecule has 3 aromatic rings. The number of carbonyl (C=O) groups is 3. The van der Waals surface area contributed by atoms with Crippen molar-refractivity contribution in [2.24, 2.45) is 0 Å². The van der Waals surface area contributed by atoms with Crippen molar-refractivity contribution in [2.75, 3.05) is 13.1 Å². The van der Waals surface area contributed by atoms with Crippen LogP contribution in [0.2, 0.25) is 15.1 Å². The predicted molar refractivity (Wildman–Crippen MR) is 160 cm³/mol. The zero-order valence-electron chi connectivity index (χ0n) is 23.0. The molecule has 11 nitrogen and oxygen atoms in total. The number of hydrogen-bond donors (Lipinski definition) is 1. The van der Waals surface area contributed by atoms with Crippen LogP contribution in [0.1, 0.15) is 29.9 Å². The minimum Gasteiger partial charge on any atom is -0.338 e. The van der Waals surface area contributed by atoms with E-state index in [0.717, 1.165) is 4.31 Å². The third-order valence-electron chi connectivity index (χ3n) is 7.38. The molecule has 3 heterocycles. The van der Waals surface area contributed by atoms with Crippen molar-refractivity contribution in [3.63, 3.8) is 0 Å². The van der Waals surface area contributed by atoms with Crippen LogP contribution in [0.3, 0.4) is 0 Å². The minimum atomic E-state index is -4.39. The van der Waals surface area contributed by atoms with Crippen LogP contribution in [0, 0.1) is 0 Å². The van der Waals surface area contributed by atoms with Crippen LogP contribution in [-0.4, -0.2) is 87.6 Å². The molecule has 43 heavy (non-hydrogen) atoms. The lowest BCUT2D eigenvalue weighted by Crippen LogP contribution is -2.76. The lowest BCUT2D eigenvalue weighted by atomic mass is 9.96. The van der Waals surface area contributed by atoms with Gasteiger partial charge in [-0.15, -0.1) is 0 Å². The molecule has 5 rings (SSSR count). The van der Waals surface area contributed by atoms with E-state index in [2.05, 4.69) is 15.3 Å². The van der Waals surface area contributed by atoms with Crippen molar-refractivity contribution in [2.45, 2.75) is 49.5 Å². The number of piperazine rings is 1. The molecular formula is C28H27Cl3N6O5S. The summed E-state index contributed by atoms with van der Waals surface area (Å²) in [7, 11) is -4.39. The first-order valence-electron chi connectivity index (χ1n) is 13.3. The van der Waals surface area contributed by atoms with Crippen molar-refractivity contribution >= 4 is 62.5 Å². The Kier molecular flexibility index (Phi) is 8.96. The lowest BCUT2D eigenvalue weighted by Gasteiger charge is -2.54. The molecule has 1 N–H and O–H groups in total. The van der Waals surface area contributed by atoms with Gasteiger partial charge in [-0.1, -0.05) is 46.9 Å². The van der Waals surface area contributed by atoms with E-state index in [9.17, 15) is 22.8 Å². The van der Waals surface area contributed by atoms with Crippen molar-refractivity contribution < 1.29 is 22.8 Å². The number of benzene rings is 2. The van der Waals surface area contributed by atoms with Gasteiger partial charge in [-0.25, -0.2) is 13.4 Å². The second-order valence-electron chi connectivity index (χ2n) is 10.4. The second kappa shape index (κ2) is 12.4. The van der Waals surface area contributed by atoms with Gasteiger partial charge >= 0.3 is 0 Å². The van der Waals surface area contributed by atoms with E-state index < -0.39 is 46.6 Å². The highest BCUT2D eigenvalue weighted by molar-refractivity contribution is 7.89. The summed E-state index contributed by atoms with van der Waals surface area (Å²) in [5.74, 6) is -1.68. The summed E-state index contributed by atoms with van der Waals surface area (Å²) in [5.41, 5.74) is 0.645. The number of hydrogen-bond acceptors (Lipinski definition) is 7. The maximum Gasteiger partial charge on any atom is 0.272 e. The van der Waals surface area contributed by atoms with Gasteiger partial charge in [-0.05, 0) is 49.7 Å². The number of nitrogens with one attached hydrogen (secondary N) is 1. The maximum absolute atomic E-state index is 14.3. The first-order chi connectivity index (χ1) is 20.4. The molecule has 0 bridgehead atoms. The average molecular weight is 666 g/mol. The molecular weight excluding hydrogens is 639 g/mol. The number of halogens is 3. The SMILES string of the molecule is CC(C)N1CC2N(C(=O)C(NC(=O)c3cnccn3)CN2S(=O)(=O)c2ccc(Cl)cc2Cl)C(Cc2ccc(Cl)cc2)C1=O. The van der Waals surface area contributed by atoms with Gasteiger partial charge in [0.05, 0.1) is 17.8 Å². The summed E-state index contributed by atoms with van der Waals surface area (Å²) in [6, 6.07) is 8.08. The minimum absolute atomic E-state index is 0.0639. The van der Waals surface area contributed by atoms with Crippen molar-refractivity contribution in [1.82, 2.24) is 29.4 Å². The molecule has 2 aromatic carbocycles. The molecule has 0 saturated carbocycles. The van der Waals surface area contributed by atoms with Crippen molar-refractivity contribution in [3.8, 4) is 0 Å². The molecule has 3 unspecified atom stereocenters. The molecule has 0 spiro atoms. The zero-order chi connectivity index (χ0) is 31.1. The van der Waals surface area contributed by atoms with Gasteiger partial charge in [-0.3, -0.25) is 19.4 Å². The smallest absolute Gasteiger partial charge is 0.272 e. The molecule has 2 saturated heterocycles. The Hall–Kier alpha value is -3.29. The van der Waals surface area contributed by atoms with Gasteiger partial charge in [0.1, 0.15) is 28.8 Å². The van der Waals surface area contributed by atoms with E-state index in [0.29, 0.717) is 10.6 Å². The van der Waals surface area contributed by atoms with Gasteiger partial charge in [-0.2, -0.15) is 4.31 Å². The first kappa shape index (κ1) is 31.1. The zero-order valence-corrected chi connectivity index (χ0v) is 26.1. The van der Waals surface area contributed by atoms with Crippen LogP contribution in [0.5, 0.6) is 0 Å². The predicted octanol–water partition coefficient (Wildman–Crippen LogP) is 3.26. The molecule has 0 aliphatic carbocycles. The largest absolute Gasteiger partial charge is 0.338 e. The molecule has 226 valence electrons. The summed E-state index contributed by atoms with van der Waals surface area (Å²) in [4.78, 5) is 51.6. The first-order valence-corrected chi connectivity index (χ1v) is 15.9. The molecule has 2 aliphatic heterocycles. The fourth-order valence-corrected chi connectivity index (χ4v) is 7.74. The normalized spacial score (nSPS) is 21.2. The summed E-state index contributed by atoms with van der Waals surface area (Å²) in [5, 5.41) is 3.23. The van der Waals surface area contributed by atoms with E-state index in [1.54, 1.807) is 29.2 Å². The highest BCUT2D eigenvalue weighted by Gasteiger charge is 2.54. The van der Waals surface area contributed by atoms with Gasteiger partial charge in [0.15, 0.2) is 0 Å². The fourth-order valence-electron chi connectivity index (χ4n) is 5.28. The average Bonchev–Trinajstić information content (AvgIpc) is 2.96. The van der Waals surface area contributed by atoms with Gasteiger partial charge in [0, 0.05) is 41.4 Å². The molecule has 0 radical (unpaired) electrons. The van der Waals surface area contributed by atoms with Gasteiger partial charge in [0.2, 0.25) is 21.8 Å². The summed E-state index contributed by atoms with van der Waals surface area (Å²) in [6.45, 7) is 3.13. The maximum atomic E-state index is 14.3. The van der Waals surface area contributed by atoms with Crippen LogP contribution in [-0.2, 0) is 26.0 Å². The van der Waals surface area contributed by atoms with Gasteiger partial charge < -0.3 is 15.1 Å². The fraction of sp³-hybridized carbons (Fsp3) is 0.321. The van der Waals surface area contributed by atoms with E-state index >= 15 is 0 Å². The Bertz CT molecular complexity index is 1660. The van der Waals surface area contributed by atoms with Crippen LogP contribution in [0.15, 0.2) is 66.0 Å². The third-order valence-corrected chi connectivity index (χ3v) is 10.2. The summed E-state index contributed by atoms with van der Waals surface area (Å²) in [6.07, 6.45) is 2.92. The number of fused-ring (bicyclic) bond motifs is 1. The number of aromatic nitrogens is 2. The van der Waals surface area contributed by atoms with E-state index in [1.807, 2.05) is 13.8 Å².